The van der Waals surface area contributed by atoms with Gasteiger partial charge in [-0.1, -0.05) is 6.07 Å². The number of rotatable bonds is 1. The summed E-state index contributed by atoms with van der Waals surface area (Å²) in [4.78, 5) is 0. The number of nitrogens with two attached hydrogens (primary N) is 1. The second-order valence-corrected chi connectivity index (χ2v) is 3.32. The van der Waals surface area contributed by atoms with Gasteiger partial charge in [0.2, 0.25) is 0 Å². The number of hydrogen-bond acceptors (Lipinski definition) is 1. The van der Waals surface area contributed by atoms with Crippen molar-refractivity contribution in [1.29, 1.82) is 0 Å². The summed E-state index contributed by atoms with van der Waals surface area (Å²) in [7, 11) is 0. The molecule has 3 heteroatoms. The third-order valence-corrected chi connectivity index (χ3v) is 2.11. The van der Waals surface area contributed by atoms with Gasteiger partial charge in [0.15, 0.2) is 0 Å². The summed E-state index contributed by atoms with van der Waals surface area (Å²) in [6, 6.07) is 4.79. The Hall–Kier alpha value is -0.410. The second-order valence-electron chi connectivity index (χ2n) is 2.46. The van der Waals surface area contributed by atoms with Crippen LogP contribution >= 0.6 is 15.9 Å². The largest absolute Gasteiger partial charge is 0.324 e. The minimum absolute atomic E-state index is 0.113. The molecule has 0 aliphatic heterocycles. The van der Waals surface area contributed by atoms with Crippen LogP contribution in [0.5, 0.6) is 0 Å². The van der Waals surface area contributed by atoms with Crippen LogP contribution in [0.25, 0.3) is 0 Å². The van der Waals surface area contributed by atoms with E-state index >= 15 is 0 Å². The van der Waals surface area contributed by atoms with Crippen molar-refractivity contribution in [3.63, 3.8) is 0 Å². The Kier molecular flexibility index (Phi) is 2.62. The molecular weight excluding hydrogens is 209 g/mol. The average molecular weight is 218 g/mol. The van der Waals surface area contributed by atoms with Gasteiger partial charge in [0, 0.05) is 6.04 Å². The first-order valence-corrected chi connectivity index (χ1v) is 4.11. The van der Waals surface area contributed by atoms with Crippen molar-refractivity contribution in [2.24, 2.45) is 5.73 Å². The van der Waals surface area contributed by atoms with E-state index in [1.165, 1.54) is 6.07 Å². The molecule has 0 unspecified atom stereocenters. The molecular formula is C8H9BrFN. The molecule has 0 saturated heterocycles. The lowest BCUT2D eigenvalue weighted by molar-refractivity contribution is 0.615. The van der Waals surface area contributed by atoms with Gasteiger partial charge in [-0.05, 0) is 40.5 Å². The predicted molar refractivity (Wildman–Crippen MR) is 46.7 cm³/mol. The van der Waals surface area contributed by atoms with Crippen LogP contribution in [0.15, 0.2) is 22.7 Å². The van der Waals surface area contributed by atoms with Gasteiger partial charge >= 0.3 is 0 Å². The topological polar surface area (TPSA) is 26.0 Å². The summed E-state index contributed by atoms with van der Waals surface area (Å²) in [6.07, 6.45) is 0. The Morgan fingerprint density at radius 3 is 2.64 bits per heavy atom. The molecule has 0 spiro atoms. The van der Waals surface area contributed by atoms with Gasteiger partial charge < -0.3 is 5.73 Å². The highest BCUT2D eigenvalue weighted by Crippen LogP contribution is 2.18. The lowest BCUT2D eigenvalue weighted by Gasteiger charge is -2.05. The molecule has 1 atom stereocenters. The third kappa shape index (κ3) is 2.01. The van der Waals surface area contributed by atoms with E-state index in [0.29, 0.717) is 4.47 Å². The normalized spacial score (nSPS) is 13.1. The van der Waals surface area contributed by atoms with Crippen molar-refractivity contribution in [1.82, 2.24) is 0 Å². The van der Waals surface area contributed by atoms with E-state index < -0.39 is 0 Å². The first kappa shape index (κ1) is 8.68. The maximum Gasteiger partial charge on any atom is 0.137 e. The SMILES string of the molecule is C[C@H](N)c1ccc(Br)c(F)c1. The summed E-state index contributed by atoms with van der Waals surface area (Å²) in [5, 5.41) is 0. The van der Waals surface area contributed by atoms with Crippen LogP contribution in [0.3, 0.4) is 0 Å². The Morgan fingerprint density at radius 2 is 2.18 bits per heavy atom. The standard InChI is InChI=1S/C8H9BrFN/c1-5(11)6-2-3-7(9)8(10)4-6/h2-5H,11H2,1H3/t5-/m0/s1. The second kappa shape index (κ2) is 3.32. The molecule has 0 amide bonds. The lowest BCUT2D eigenvalue weighted by atomic mass is 10.1. The molecule has 0 saturated carbocycles. The van der Waals surface area contributed by atoms with Crippen molar-refractivity contribution in [3.05, 3.63) is 34.1 Å². The van der Waals surface area contributed by atoms with Gasteiger partial charge in [-0.15, -0.1) is 0 Å². The van der Waals surface area contributed by atoms with Crippen molar-refractivity contribution in [2.75, 3.05) is 0 Å². The molecule has 0 heterocycles. The van der Waals surface area contributed by atoms with Gasteiger partial charge in [-0.3, -0.25) is 0 Å². The summed E-state index contributed by atoms with van der Waals surface area (Å²) in [5.41, 5.74) is 6.36. The summed E-state index contributed by atoms with van der Waals surface area (Å²) in [6.45, 7) is 1.82. The molecule has 0 aliphatic carbocycles. The van der Waals surface area contributed by atoms with E-state index in [4.69, 9.17) is 5.73 Å². The highest BCUT2D eigenvalue weighted by atomic mass is 79.9. The van der Waals surface area contributed by atoms with Gasteiger partial charge in [0.1, 0.15) is 5.82 Å². The molecule has 0 fully saturated rings. The lowest BCUT2D eigenvalue weighted by Crippen LogP contribution is -2.04. The number of benzene rings is 1. The maximum absolute atomic E-state index is 12.8. The van der Waals surface area contributed by atoms with Crippen molar-refractivity contribution in [2.45, 2.75) is 13.0 Å². The smallest absolute Gasteiger partial charge is 0.137 e. The highest BCUT2D eigenvalue weighted by molar-refractivity contribution is 9.10. The molecule has 1 aromatic rings. The van der Waals surface area contributed by atoms with E-state index in [-0.39, 0.29) is 11.9 Å². The van der Waals surface area contributed by atoms with Crippen LogP contribution in [-0.4, -0.2) is 0 Å². The molecule has 1 nitrogen and oxygen atoms in total. The van der Waals surface area contributed by atoms with E-state index in [2.05, 4.69) is 15.9 Å². The zero-order chi connectivity index (χ0) is 8.43. The number of hydrogen-bond donors (Lipinski definition) is 1. The monoisotopic (exact) mass is 217 g/mol. The van der Waals surface area contributed by atoms with Crippen molar-refractivity contribution >= 4 is 15.9 Å². The van der Waals surface area contributed by atoms with E-state index in [1.807, 2.05) is 6.92 Å². The van der Waals surface area contributed by atoms with Gasteiger partial charge in [0.05, 0.1) is 4.47 Å². The molecule has 0 aromatic heterocycles. The average Bonchev–Trinajstić information content (AvgIpc) is 1.94. The molecule has 1 rings (SSSR count). The third-order valence-electron chi connectivity index (χ3n) is 1.47. The van der Waals surface area contributed by atoms with E-state index in [9.17, 15) is 4.39 Å². The van der Waals surface area contributed by atoms with Crippen LogP contribution in [0.4, 0.5) is 4.39 Å². The summed E-state index contributed by atoms with van der Waals surface area (Å²) in [5.74, 6) is -0.264. The van der Waals surface area contributed by atoms with Crippen molar-refractivity contribution in [3.8, 4) is 0 Å². The quantitative estimate of drug-likeness (QED) is 0.770. The Labute approximate surface area is 73.5 Å². The fraction of sp³-hybridized carbons (Fsp3) is 0.250. The van der Waals surface area contributed by atoms with Crippen molar-refractivity contribution < 1.29 is 4.39 Å². The Balaban J connectivity index is 3.05. The fourth-order valence-corrected chi connectivity index (χ4v) is 1.04. The van der Waals surface area contributed by atoms with Crippen LogP contribution in [0.1, 0.15) is 18.5 Å². The predicted octanol–water partition coefficient (Wildman–Crippen LogP) is 2.61. The minimum Gasteiger partial charge on any atom is -0.324 e. The summed E-state index contributed by atoms with van der Waals surface area (Å²) >= 11 is 3.06. The molecule has 1 aromatic carbocycles. The van der Waals surface area contributed by atoms with Gasteiger partial charge in [-0.2, -0.15) is 0 Å². The molecule has 0 bridgehead atoms. The Bertz CT molecular complexity index is 260. The zero-order valence-electron chi connectivity index (χ0n) is 6.14. The van der Waals surface area contributed by atoms with Gasteiger partial charge in [-0.25, -0.2) is 4.39 Å². The number of halogens is 2. The Morgan fingerprint density at radius 1 is 1.55 bits per heavy atom. The van der Waals surface area contributed by atoms with Crippen LogP contribution in [0, 0.1) is 5.82 Å². The van der Waals surface area contributed by atoms with E-state index in [1.54, 1.807) is 12.1 Å². The molecule has 0 aliphatic rings. The summed E-state index contributed by atoms with van der Waals surface area (Å²) < 4.78 is 13.3. The van der Waals surface area contributed by atoms with Crippen LogP contribution < -0.4 is 5.73 Å². The highest BCUT2D eigenvalue weighted by Gasteiger charge is 2.02. The zero-order valence-corrected chi connectivity index (χ0v) is 7.73. The van der Waals surface area contributed by atoms with E-state index in [0.717, 1.165) is 5.56 Å². The minimum atomic E-state index is -0.264. The first-order chi connectivity index (χ1) is 5.11. The van der Waals surface area contributed by atoms with Crippen LogP contribution in [0.2, 0.25) is 0 Å². The first-order valence-electron chi connectivity index (χ1n) is 3.32. The molecule has 2 N–H and O–H groups in total. The molecule has 0 radical (unpaired) electrons. The maximum atomic E-state index is 12.8. The van der Waals surface area contributed by atoms with Crippen LogP contribution in [-0.2, 0) is 0 Å². The molecule has 60 valence electrons. The van der Waals surface area contributed by atoms with Gasteiger partial charge in [0.25, 0.3) is 0 Å². The molecule has 11 heavy (non-hydrogen) atoms. The fourth-order valence-electron chi connectivity index (χ4n) is 0.796.